The summed E-state index contributed by atoms with van der Waals surface area (Å²) in [6.07, 6.45) is 0.809. The van der Waals surface area contributed by atoms with Gasteiger partial charge in [-0.25, -0.2) is 4.98 Å². The minimum atomic E-state index is -1.04. The summed E-state index contributed by atoms with van der Waals surface area (Å²) in [5, 5.41) is 12.0. The van der Waals surface area contributed by atoms with E-state index in [-0.39, 0.29) is 11.3 Å². The molecule has 1 aliphatic rings. The fourth-order valence-corrected chi connectivity index (χ4v) is 6.34. The van der Waals surface area contributed by atoms with Crippen LogP contribution in [0.4, 0.5) is 5.13 Å². The molecule has 3 aromatic carbocycles. The molecule has 1 unspecified atom stereocenters. The van der Waals surface area contributed by atoms with E-state index in [1.807, 2.05) is 32.9 Å². The summed E-state index contributed by atoms with van der Waals surface area (Å²) in [4.78, 5) is 33.7. The number of methoxy groups -OCH3 is 3. The lowest BCUT2D eigenvalue weighted by Crippen LogP contribution is -2.29. The number of carbonyl (C=O) groups is 2. The van der Waals surface area contributed by atoms with Crippen LogP contribution in [0.1, 0.15) is 41.6 Å². The zero-order valence-electron chi connectivity index (χ0n) is 24.3. The first-order valence-electron chi connectivity index (χ1n) is 13.4. The van der Waals surface area contributed by atoms with Gasteiger partial charge in [-0.3, -0.25) is 14.5 Å². The summed E-state index contributed by atoms with van der Waals surface area (Å²) in [6.45, 7) is 6.44. The molecule has 5 rings (SSSR count). The Balaban J connectivity index is 1.77. The number of anilines is 1. The van der Waals surface area contributed by atoms with Gasteiger partial charge in [-0.15, -0.1) is 0 Å². The van der Waals surface area contributed by atoms with E-state index in [1.54, 1.807) is 36.4 Å². The lowest BCUT2D eigenvalue weighted by molar-refractivity contribution is -0.132. The van der Waals surface area contributed by atoms with Crippen LogP contribution in [0.3, 0.4) is 0 Å². The third-order valence-electron chi connectivity index (χ3n) is 7.05. The van der Waals surface area contributed by atoms with Crippen molar-refractivity contribution in [2.75, 3.05) is 32.8 Å². The molecule has 1 aromatic heterocycles. The standard InChI is InChI=1S/C32H32N2O7S/c1-7-11-41-21-10-8-9-19(14-21)28(35)25-27(20-15-22(38-4)30(40-6)23(16-20)39-5)34(31(37)29(25)36)32-33-26-18(3)12-17(2)13-24(26)42-32/h8-10,12-16,27,35H,7,11H2,1-6H3. The van der Waals surface area contributed by atoms with Crippen molar-refractivity contribution in [1.82, 2.24) is 4.98 Å². The molecule has 0 spiro atoms. The molecule has 10 heteroatoms. The van der Waals surface area contributed by atoms with Gasteiger partial charge in [0.15, 0.2) is 16.6 Å². The van der Waals surface area contributed by atoms with E-state index in [4.69, 9.17) is 23.9 Å². The van der Waals surface area contributed by atoms with Crippen molar-refractivity contribution in [2.24, 2.45) is 0 Å². The van der Waals surface area contributed by atoms with Crippen LogP contribution in [0, 0.1) is 13.8 Å². The zero-order chi connectivity index (χ0) is 30.1. The number of ketones is 1. The van der Waals surface area contributed by atoms with Crippen LogP contribution < -0.4 is 23.8 Å². The Labute approximate surface area is 247 Å². The summed E-state index contributed by atoms with van der Waals surface area (Å²) < 4.78 is 23.3. The van der Waals surface area contributed by atoms with Gasteiger partial charge in [0.25, 0.3) is 5.78 Å². The SMILES string of the molecule is CCCOc1cccc(C(O)=C2C(=O)C(=O)N(c3nc4c(C)cc(C)cc4s3)C2c2cc(OC)c(OC)c(OC)c2)c1. The maximum atomic E-state index is 13.8. The molecule has 1 amide bonds. The van der Waals surface area contributed by atoms with Gasteiger partial charge in [0.1, 0.15) is 11.5 Å². The fraction of sp³-hybridized carbons (Fsp3) is 0.281. The first-order chi connectivity index (χ1) is 20.2. The Morgan fingerprint density at radius 3 is 2.36 bits per heavy atom. The molecular formula is C32H32N2O7S. The Bertz CT molecular complexity index is 1700. The molecule has 1 atom stereocenters. The van der Waals surface area contributed by atoms with Gasteiger partial charge >= 0.3 is 5.91 Å². The number of carbonyl (C=O) groups excluding carboxylic acids is 2. The predicted molar refractivity (Wildman–Crippen MR) is 162 cm³/mol. The molecule has 42 heavy (non-hydrogen) atoms. The van der Waals surface area contributed by atoms with Gasteiger partial charge in [-0.2, -0.15) is 0 Å². The van der Waals surface area contributed by atoms with Crippen LogP contribution in [0.2, 0.25) is 0 Å². The van der Waals surface area contributed by atoms with E-state index in [0.717, 1.165) is 27.8 Å². The van der Waals surface area contributed by atoms with Crippen LogP contribution in [0.25, 0.3) is 16.0 Å². The Hall–Kier alpha value is -4.57. The number of amides is 1. The third kappa shape index (κ3) is 5.02. The number of aryl methyl sites for hydroxylation is 2. The minimum Gasteiger partial charge on any atom is -0.507 e. The lowest BCUT2D eigenvalue weighted by atomic mass is 9.94. The molecule has 0 radical (unpaired) electrons. The van der Waals surface area contributed by atoms with Gasteiger partial charge in [0.05, 0.1) is 49.8 Å². The van der Waals surface area contributed by atoms with Crippen molar-refractivity contribution in [2.45, 2.75) is 33.2 Å². The number of fused-ring (bicyclic) bond motifs is 1. The van der Waals surface area contributed by atoms with Crippen LogP contribution in [0.5, 0.6) is 23.0 Å². The van der Waals surface area contributed by atoms with Crippen LogP contribution in [0.15, 0.2) is 54.1 Å². The molecule has 1 fully saturated rings. The van der Waals surface area contributed by atoms with Crippen molar-refractivity contribution in [3.63, 3.8) is 0 Å². The van der Waals surface area contributed by atoms with Crippen LogP contribution >= 0.6 is 11.3 Å². The first-order valence-corrected chi connectivity index (χ1v) is 14.3. The number of benzene rings is 3. The molecule has 0 aliphatic carbocycles. The molecule has 1 N–H and O–H groups in total. The summed E-state index contributed by atoms with van der Waals surface area (Å²) in [5.74, 6) is -0.402. The summed E-state index contributed by atoms with van der Waals surface area (Å²) in [7, 11) is 4.46. The second kappa shape index (κ2) is 11.7. The Morgan fingerprint density at radius 1 is 1.00 bits per heavy atom. The van der Waals surface area contributed by atoms with Crippen LogP contribution in [-0.2, 0) is 9.59 Å². The number of ether oxygens (including phenoxy) is 4. The topological polar surface area (TPSA) is 107 Å². The summed E-state index contributed by atoms with van der Waals surface area (Å²) >= 11 is 1.31. The number of hydrogen-bond donors (Lipinski definition) is 1. The molecule has 0 saturated carbocycles. The van der Waals surface area contributed by atoms with Gasteiger partial charge in [0, 0.05) is 5.56 Å². The van der Waals surface area contributed by atoms with Gasteiger partial charge in [-0.05, 0) is 67.3 Å². The number of aromatic nitrogens is 1. The number of hydrogen-bond acceptors (Lipinski definition) is 9. The van der Waals surface area contributed by atoms with E-state index in [1.165, 1.54) is 37.6 Å². The smallest absolute Gasteiger partial charge is 0.301 e. The third-order valence-corrected chi connectivity index (χ3v) is 8.05. The minimum absolute atomic E-state index is 0.0888. The van der Waals surface area contributed by atoms with Crippen molar-refractivity contribution < 1.29 is 33.6 Å². The highest BCUT2D eigenvalue weighted by Crippen LogP contribution is 2.48. The molecule has 1 saturated heterocycles. The Morgan fingerprint density at radius 2 is 1.71 bits per heavy atom. The van der Waals surface area contributed by atoms with Crippen molar-refractivity contribution in [1.29, 1.82) is 0 Å². The van der Waals surface area contributed by atoms with Crippen molar-refractivity contribution >= 4 is 44.1 Å². The lowest BCUT2D eigenvalue weighted by Gasteiger charge is -2.24. The molecule has 2 heterocycles. The predicted octanol–water partition coefficient (Wildman–Crippen LogP) is 6.35. The molecule has 4 aromatic rings. The second-order valence-electron chi connectivity index (χ2n) is 9.93. The monoisotopic (exact) mass is 588 g/mol. The van der Waals surface area contributed by atoms with E-state index < -0.39 is 17.7 Å². The van der Waals surface area contributed by atoms with Gasteiger partial charge in [0.2, 0.25) is 5.75 Å². The number of aliphatic hydroxyl groups excluding tert-OH is 1. The van der Waals surface area contributed by atoms with Crippen molar-refractivity contribution in [3.8, 4) is 23.0 Å². The maximum Gasteiger partial charge on any atom is 0.301 e. The average Bonchev–Trinajstić information content (AvgIpc) is 3.53. The molecular weight excluding hydrogens is 556 g/mol. The van der Waals surface area contributed by atoms with E-state index in [2.05, 4.69) is 0 Å². The highest BCUT2D eigenvalue weighted by atomic mass is 32.1. The number of thiazole rings is 1. The molecule has 218 valence electrons. The van der Waals surface area contributed by atoms with E-state index in [0.29, 0.717) is 45.9 Å². The maximum absolute atomic E-state index is 13.8. The zero-order valence-corrected chi connectivity index (χ0v) is 25.1. The number of Topliss-reactive ketones (excluding diaryl/α,β-unsaturated/α-hetero) is 1. The Kier molecular flexibility index (Phi) is 8.08. The van der Waals surface area contributed by atoms with Crippen molar-refractivity contribution in [3.05, 3.63) is 76.4 Å². The normalized spacial score (nSPS) is 16.2. The van der Waals surface area contributed by atoms with Crippen LogP contribution in [-0.4, -0.2) is 49.7 Å². The van der Waals surface area contributed by atoms with E-state index >= 15 is 0 Å². The fourth-order valence-electron chi connectivity index (χ4n) is 5.17. The summed E-state index contributed by atoms with van der Waals surface area (Å²) in [5.41, 5.74) is 3.48. The molecule has 0 bridgehead atoms. The second-order valence-corrected chi connectivity index (χ2v) is 10.9. The number of aliphatic hydroxyl groups is 1. The largest absolute Gasteiger partial charge is 0.507 e. The van der Waals surface area contributed by atoms with Gasteiger partial charge in [-0.1, -0.05) is 36.5 Å². The number of nitrogens with zero attached hydrogens (tertiary/aromatic N) is 2. The average molecular weight is 589 g/mol. The highest BCUT2D eigenvalue weighted by molar-refractivity contribution is 7.22. The summed E-state index contributed by atoms with van der Waals surface area (Å²) in [6, 6.07) is 13.1. The number of rotatable bonds is 9. The molecule has 1 aliphatic heterocycles. The highest BCUT2D eigenvalue weighted by Gasteiger charge is 2.48. The van der Waals surface area contributed by atoms with Gasteiger partial charge < -0.3 is 24.1 Å². The van der Waals surface area contributed by atoms with E-state index in [9.17, 15) is 14.7 Å². The quantitative estimate of drug-likeness (QED) is 0.137. The molecule has 9 nitrogen and oxygen atoms in total. The first kappa shape index (κ1) is 28.9.